The minimum atomic E-state index is -1.08. The van der Waals surface area contributed by atoms with E-state index >= 15 is 0 Å². The molecule has 11 heteroatoms. The van der Waals surface area contributed by atoms with Crippen molar-refractivity contribution in [2.24, 2.45) is 0 Å². The summed E-state index contributed by atoms with van der Waals surface area (Å²) in [6, 6.07) is 0.744. The fraction of sp³-hybridized carbons (Fsp3) is 0.778. The first kappa shape index (κ1) is 29.0. The fourth-order valence-corrected chi connectivity index (χ4v) is 2.16. The van der Waals surface area contributed by atoms with Gasteiger partial charge in [-0.05, 0) is 45.9 Å². The second-order valence-electron chi connectivity index (χ2n) is 6.45. The normalized spacial score (nSPS) is 14.0. The summed E-state index contributed by atoms with van der Waals surface area (Å²) in [5.41, 5.74) is 0. The highest BCUT2D eigenvalue weighted by atomic mass is 16.5. The van der Waals surface area contributed by atoms with E-state index in [4.69, 9.17) is 25.2 Å². The van der Waals surface area contributed by atoms with Gasteiger partial charge in [0.05, 0.1) is 25.7 Å². The van der Waals surface area contributed by atoms with Crippen LogP contribution < -0.4 is 5.32 Å². The van der Waals surface area contributed by atoms with Gasteiger partial charge in [-0.2, -0.15) is 0 Å². The van der Waals surface area contributed by atoms with Crippen LogP contribution in [0.3, 0.4) is 0 Å². The lowest BCUT2D eigenvalue weighted by Crippen LogP contribution is -2.41. The van der Waals surface area contributed by atoms with Crippen LogP contribution in [0.1, 0.15) is 44.9 Å². The van der Waals surface area contributed by atoms with Crippen molar-refractivity contribution in [3.8, 4) is 0 Å². The Bertz CT molecular complexity index is 422. The maximum atomic E-state index is 9.64. The average Bonchev–Trinajstić information content (AvgIpc) is 2.64. The Kier molecular flexibility index (Phi) is 19.1. The highest BCUT2D eigenvalue weighted by Gasteiger charge is 2.15. The molecule has 170 valence electrons. The molecule has 1 aliphatic heterocycles. The summed E-state index contributed by atoms with van der Waals surface area (Å²) in [7, 11) is 3.96. The van der Waals surface area contributed by atoms with Crippen LogP contribution in [0.4, 0.5) is 0 Å². The average molecular weight is 422 g/mol. The minimum absolute atomic E-state index is 0.296. The second-order valence-corrected chi connectivity index (χ2v) is 6.45. The highest BCUT2D eigenvalue weighted by molar-refractivity contribution is 5.75. The van der Waals surface area contributed by atoms with Gasteiger partial charge in [0.25, 0.3) is 0 Å². The van der Waals surface area contributed by atoms with Gasteiger partial charge in [0.15, 0.2) is 0 Å². The van der Waals surface area contributed by atoms with Crippen molar-refractivity contribution in [3.05, 3.63) is 0 Å². The van der Waals surface area contributed by atoms with Gasteiger partial charge >= 0.3 is 23.9 Å². The van der Waals surface area contributed by atoms with E-state index in [1.165, 1.54) is 25.9 Å². The molecule has 0 bridgehead atoms. The van der Waals surface area contributed by atoms with Crippen LogP contribution in [-0.2, 0) is 23.9 Å². The molecular weight excluding hydrogens is 388 g/mol. The first-order chi connectivity index (χ1) is 13.6. The van der Waals surface area contributed by atoms with Crippen LogP contribution in [-0.4, -0.2) is 95.6 Å². The van der Waals surface area contributed by atoms with Crippen molar-refractivity contribution >= 4 is 23.9 Å². The predicted molar refractivity (Wildman–Crippen MR) is 104 cm³/mol. The van der Waals surface area contributed by atoms with E-state index in [1.807, 2.05) is 0 Å². The number of hydrogen-bond acceptors (Lipinski definition) is 7. The summed E-state index contributed by atoms with van der Waals surface area (Å²) in [4.78, 5) is 41.0. The fourth-order valence-electron chi connectivity index (χ4n) is 2.16. The zero-order valence-corrected chi connectivity index (χ0v) is 17.1. The van der Waals surface area contributed by atoms with E-state index < -0.39 is 23.9 Å². The number of carboxylic acid groups (broad SMARTS) is 4. The number of likely N-dealkylation sites (tertiary alicyclic amines) is 1. The first-order valence-electron chi connectivity index (χ1n) is 9.36. The van der Waals surface area contributed by atoms with Gasteiger partial charge in [0, 0.05) is 19.8 Å². The number of ether oxygens (including phenoxy) is 1. The van der Waals surface area contributed by atoms with E-state index in [-0.39, 0.29) is 25.7 Å². The van der Waals surface area contributed by atoms with Crippen LogP contribution in [0.15, 0.2) is 0 Å². The van der Waals surface area contributed by atoms with E-state index in [9.17, 15) is 19.2 Å². The number of rotatable bonds is 11. The zero-order valence-electron chi connectivity index (χ0n) is 17.1. The molecule has 29 heavy (non-hydrogen) atoms. The topological polar surface area (TPSA) is 174 Å². The summed E-state index contributed by atoms with van der Waals surface area (Å²) >= 11 is 0. The molecular formula is C18H34N2O9. The molecule has 5 N–H and O–H groups in total. The molecule has 0 spiro atoms. The zero-order chi connectivity index (χ0) is 22.7. The van der Waals surface area contributed by atoms with Crippen molar-refractivity contribution in [2.75, 3.05) is 40.4 Å². The number of carbonyl (C=O) groups is 4. The second kappa shape index (κ2) is 19.1. The molecule has 0 radical (unpaired) electrons. The van der Waals surface area contributed by atoms with E-state index in [0.717, 1.165) is 25.6 Å². The number of piperidine rings is 1. The maximum absolute atomic E-state index is 9.64. The molecule has 0 aliphatic carbocycles. The molecule has 1 aliphatic rings. The lowest BCUT2D eigenvalue weighted by molar-refractivity contribution is -0.143. The van der Waals surface area contributed by atoms with Gasteiger partial charge in [-0.15, -0.1) is 0 Å². The van der Waals surface area contributed by atoms with Gasteiger partial charge in [0.1, 0.15) is 0 Å². The van der Waals surface area contributed by atoms with Crippen molar-refractivity contribution in [3.63, 3.8) is 0 Å². The van der Waals surface area contributed by atoms with Crippen molar-refractivity contribution in [1.29, 1.82) is 0 Å². The molecule has 1 fully saturated rings. The summed E-state index contributed by atoms with van der Waals surface area (Å²) in [5.74, 6) is -4.31. The third-order valence-electron chi connectivity index (χ3n) is 3.78. The monoisotopic (exact) mass is 422 g/mol. The largest absolute Gasteiger partial charge is 0.481 e. The molecule has 0 aromatic carbocycles. The Hall–Kier alpha value is -2.24. The van der Waals surface area contributed by atoms with Crippen LogP contribution >= 0.6 is 0 Å². The molecule has 0 atom stereocenters. The summed E-state index contributed by atoms with van der Waals surface area (Å²) < 4.78 is 5.00. The van der Waals surface area contributed by atoms with E-state index in [0.29, 0.717) is 0 Å². The SMILES string of the molecule is COCCCNC1CCN(C)CC1.O=C(O)CCC(=O)O.O=C(O)CCC(=O)O. The van der Waals surface area contributed by atoms with E-state index in [1.54, 1.807) is 7.11 Å². The van der Waals surface area contributed by atoms with Crippen molar-refractivity contribution < 1.29 is 44.3 Å². The molecule has 1 saturated heterocycles. The smallest absolute Gasteiger partial charge is 0.303 e. The molecule has 0 unspecified atom stereocenters. The minimum Gasteiger partial charge on any atom is -0.481 e. The first-order valence-corrected chi connectivity index (χ1v) is 9.36. The van der Waals surface area contributed by atoms with Gasteiger partial charge < -0.3 is 35.4 Å². The van der Waals surface area contributed by atoms with Crippen LogP contribution in [0, 0.1) is 0 Å². The van der Waals surface area contributed by atoms with Crippen molar-refractivity contribution in [1.82, 2.24) is 10.2 Å². The third-order valence-corrected chi connectivity index (χ3v) is 3.78. The van der Waals surface area contributed by atoms with Gasteiger partial charge in [-0.1, -0.05) is 0 Å². The molecule has 11 nitrogen and oxygen atoms in total. The van der Waals surface area contributed by atoms with Gasteiger partial charge in [-0.25, -0.2) is 0 Å². The Morgan fingerprint density at radius 1 is 0.862 bits per heavy atom. The third kappa shape index (κ3) is 25.8. The highest BCUT2D eigenvalue weighted by Crippen LogP contribution is 2.07. The number of hydrogen-bond donors (Lipinski definition) is 5. The van der Waals surface area contributed by atoms with Crippen LogP contribution in [0.2, 0.25) is 0 Å². The molecule has 1 heterocycles. The predicted octanol–water partition coefficient (Wildman–Crippen LogP) is 0.578. The Balaban J connectivity index is 0. The summed E-state index contributed by atoms with van der Waals surface area (Å²) in [6.07, 6.45) is 2.53. The number of nitrogens with zero attached hydrogens (tertiary/aromatic N) is 1. The maximum Gasteiger partial charge on any atom is 0.303 e. The van der Waals surface area contributed by atoms with Gasteiger partial charge in [-0.3, -0.25) is 19.2 Å². The van der Waals surface area contributed by atoms with E-state index in [2.05, 4.69) is 17.3 Å². The summed E-state index contributed by atoms with van der Waals surface area (Å²) in [6.45, 7) is 4.45. The molecule has 0 saturated carbocycles. The molecule has 0 aromatic rings. The number of aliphatic carboxylic acids is 4. The summed E-state index contributed by atoms with van der Waals surface area (Å²) in [5, 5.41) is 35.2. The van der Waals surface area contributed by atoms with Crippen molar-refractivity contribution in [2.45, 2.75) is 51.0 Å². The quantitative estimate of drug-likeness (QED) is 0.295. The lowest BCUT2D eigenvalue weighted by atomic mass is 10.1. The standard InChI is InChI=1S/C10H22N2O.2C4H6O4/c1-12-7-4-10(5-8-12)11-6-3-9-13-2;2*5-3(6)1-2-4(7)8/h10-11H,3-9H2,1-2H3;2*1-2H2,(H,5,6)(H,7,8). The molecule has 0 aromatic heterocycles. The van der Waals surface area contributed by atoms with Gasteiger partial charge in [0.2, 0.25) is 0 Å². The number of methoxy groups -OCH3 is 1. The Morgan fingerprint density at radius 2 is 1.24 bits per heavy atom. The lowest BCUT2D eigenvalue weighted by Gasteiger charge is -2.29. The van der Waals surface area contributed by atoms with Crippen LogP contribution in [0.5, 0.6) is 0 Å². The van der Waals surface area contributed by atoms with Crippen LogP contribution in [0.25, 0.3) is 0 Å². The Labute approximate surface area is 170 Å². The number of carboxylic acids is 4. The molecule has 0 amide bonds. The number of nitrogens with one attached hydrogen (secondary N) is 1. The molecule has 1 rings (SSSR count). The Morgan fingerprint density at radius 3 is 1.55 bits per heavy atom.